The van der Waals surface area contributed by atoms with Gasteiger partial charge in [0.15, 0.2) is 5.13 Å². The minimum Gasteiger partial charge on any atom is -0.497 e. The normalized spacial score (nSPS) is 10.6. The van der Waals surface area contributed by atoms with E-state index in [1.54, 1.807) is 13.2 Å². The maximum absolute atomic E-state index is 12.3. The SMILES string of the molecule is COc1cccc(-c2cc(C(=O)Nc3nc(C)c(C)s3)[nH]n2)c1. The van der Waals surface area contributed by atoms with Crippen LogP contribution in [0.1, 0.15) is 21.1 Å². The lowest BCUT2D eigenvalue weighted by Crippen LogP contribution is -2.12. The Labute approximate surface area is 137 Å². The van der Waals surface area contributed by atoms with Crippen LogP contribution in [0.2, 0.25) is 0 Å². The van der Waals surface area contributed by atoms with Gasteiger partial charge in [0.05, 0.1) is 18.5 Å². The van der Waals surface area contributed by atoms with Crippen LogP contribution in [0.15, 0.2) is 30.3 Å². The van der Waals surface area contributed by atoms with Crippen molar-refractivity contribution in [3.05, 3.63) is 46.6 Å². The summed E-state index contributed by atoms with van der Waals surface area (Å²) < 4.78 is 5.20. The number of carbonyl (C=O) groups excluding carboxylic acids is 1. The minimum atomic E-state index is -0.264. The van der Waals surface area contributed by atoms with Gasteiger partial charge in [0.1, 0.15) is 11.4 Å². The number of rotatable bonds is 4. The summed E-state index contributed by atoms with van der Waals surface area (Å²) in [4.78, 5) is 17.6. The quantitative estimate of drug-likeness (QED) is 0.769. The molecule has 0 unspecified atom stereocenters. The second kappa shape index (κ2) is 6.21. The van der Waals surface area contributed by atoms with Crippen LogP contribution in [0.4, 0.5) is 5.13 Å². The highest BCUT2D eigenvalue weighted by Crippen LogP contribution is 2.24. The van der Waals surface area contributed by atoms with Crippen LogP contribution in [0.3, 0.4) is 0 Å². The third-order valence-corrected chi connectivity index (χ3v) is 4.43. The Morgan fingerprint density at radius 2 is 2.13 bits per heavy atom. The molecule has 0 saturated carbocycles. The average Bonchev–Trinajstić information content (AvgIpc) is 3.15. The summed E-state index contributed by atoms with van der Waals surface area (Å²) in [6.07, 6.45) is 0. The second-order valence-electron chi connectivity index (χ2n) is 5.01. The summed E-state index contributed by atoms with van der Waals surface area (Å²) >= 11 is 1.45. The Kier molecular flexibility index (Phi) is 4.12. The molecule has 0 aliphatic heterocycles. The van der Waals surface area contributed by atoms with Crippen molar-refractivity contribution in [2.24, 2.45) is 0 Å². The number of hydrogen-bond donors (Lipinski definition) is 2. The maximum atomic E-state index is 12.3. The zero-order chi connectivity index (χ0) is 16.4. The predicted octanol–water partition coefficient (Wildman–Crippen LogP) is 3.41. The first kappa shape index (κ1) is 15.2. The molecule has 2 aromatic heterocycles. The van der Waals surface area contributed by atoms with Crippen molar-refractivity contribution in [2.45, 2.75) is 13.8 Å². The minimum absolute atomic E-state index is 0.264. The Morgan fingerprint density at radius 1 is 1.30 bits per heavy atom. The number of carbonyl (C=O) groups is 1. The Bertz CT molecular complexity index is 834. The van der Waals surface area contributed by atoms with E-state index in [0.29, 0.717) is 16.5 Å². The first-order valence-corrected chi connectivity index (χ1v) is 7.83. The Morgan fingerprint density at radius 3 is 2.83 bits per heavy atom. The third kappa shape index (κ3) is 3.24. The number of aromatic amines is 1. The number of nitrogens with one attached hydrogen (secondary N) is 2. The highest BCUT2D eigenvalue weighted by Gasteiger charge is 2.14. The first-order chi connectivity index (χ1) is 11.1. The number of H-pyrrole nitrogens is 1. The highest BCUT2D eigenvalue weighted by molar-refractivity contribution is 7.15. The first-order valence-electron chi connectivity index (χ1n) is 7.02. The number of benzene rings is 1. The molecule has 0 aliphatic carbocycles. The van der Waals surface area contributed by atoms with E-state index in [9.17, 15) is 4.79 Å². The number of amides is 1. The third-order valence-electron chi connectivity index (χ3n) is 3.44. The molecule has 2 heterocycles. The number of nitrogens with zero attached hydrogens (tertiary/aromatic N) is 2. The van der Waals surface area contributed by atoms with Crippen molar-refractivity contribution in [1.82, 2.24) is 15.2 Å². The van der Waals surface area contributed by atoms with Gasteiger partial charge in [0, 0.05) is 10.4 Å². The number of ether oxygens (including phenoxy) is 1. The van der Waals surface area contributed by atoms with E-state index in [1.807, 2.05) is 38.1 Å². The molecule has 2 N–H and O–H groups in total. The number of methoxy groups -OCH3 is 1. The van der Waals surface area contributed by atoms with E-state index in [4.69, 9.17) is 4.74 Å². The van der Waals surface area contributed by atoms with E-state index in [-0.39, 0.29) is 5.91 Å². The van der Waals surface area contributed by atoms with Gasteiger partial charge in [-0.1, -0.05) is 12.1 Å². The molecule has 0 aliphatic rings. The molecular formula is C16H16N4O2S. The molecule has 1 aromatic carbocycles. The monoisotopic (exact) mass is 328 g/mol. The van der Waals surface area contributed by atoms with Gasteiger partial charge in [-0.25, -0.2) is 4.98 Å². The molecule has 6 nitrogen and oxygen atoms in total. The fraction of sp³-hybridized carbons (Fsp3) is 0.188. The molecule has 23 heavy (non-hydrogen) atoms. The Balaban J connectivity index is 1.79. The number of anilines is 1. The van der Waals surface area contributed by atoms with Crippen molar-refractivity contribution in [3.63, 3.8) is 0 Å². The van der Waals surface area contributed by atoms with Crippen molar-refractivity contribution in [1.29, 1.82) is 0 Å². The van der Waals surface area contributed by atoms with Gasteiger partial charge >= 0.3 is 0 Å². The molecule has 3 rings (SSSR count). The van der Waals surface area contributed by atoms with E-state index in [1.165, 1.54) is 11.3 Å². The van der Waals surface area contributed by atoms with Gasteiger partial charge in [-0.3, -0.25) is 15.2 Å². The average molecular weight is 328 g/mol. The van der Waals surface area contributed by atoms with Crippen LogP contribution in [-0.2, 0) is 0 Å². The van der Waals surface area contributed by atoms with Crippen LogP contribution in [0.5, 0.6) is 5.75 Å². The molecule has 7 heteroatoms. The summed E-state index contributed by atoms with van der Waals surface area (Å²) in [5.74, 6) is 0.477. The lowest BCUT2D eigenvalue weighted by Gasteiger charge is -2.01. The molecule has 0 atom stereocenters. The second-order valence-corrected chi connectivity index (χ2v) is 6.22. The van der Waals surface area contributed by atoms with E-state index in [0.717, 1.165) is 21.9 Å². The molecule has 1 amide bonds. The summed E-state index contributed by atoms with van der Waals surface area (Å²) in [5.41, 5.74) is 2.86. The standard InChI is InChI=1S/C16H16N4O2S/c1-9-10(2)23-16(17-9)18-15(21)14-8-13(19-20-14)11-5-4-6-12(7-11)22-3/h4-8H,1-3H3,(H,19,20)(H,17,18,21). The fourth-order valence-electron chi connectivity index (χ4n) is 2.06. The van der Waals surface area contributed by atoms with E-state index < -0.39 is 0 Å². The summed E-state index contributed by atoms with van der Waals surface area (Å²) in [7, 11) is 1.61. The topological polar surface area (TPSA) is 79.9 Å². The zero-order valence-electron chi connectivity index (χ0n) is 13.0. The van der Waals surface area contributed by atoms with E-state index >= 15 is 0 Å². The fourth-order valence-corrected chi connectivity index (χ4v) is 2.87. The maximum Gasteiger partial charge on any atom is 0.275 e. The van der Waals surface area contributed by atoms with Crippen LogP contribution >= 0.6 is 11.3 Å². The largest absolute Gasteiger partial charge is 0.497 e. The van der Waals surface area contributed by atoms with Gasteiger partial charge < -0.3 is 4.74 Å². The van der Waals surface area contributed by atoms with Crippen LogP contribution < -0.4 is 10.1 Å². The summed E-state index contributed by atoms with van der Waals surface area (Å²) in [6.45, 7) is 3.89. The van der Waals surface area contributed by atoms with Crippen molar-refractivity contribution in [2.75, 3.05) is 12.4 Å². The molecule has 0 bridgehead atoms. The lowest BCUT2D eigenvalue weighted by molar-refractivity contribution is 0.102. The zero-order valence-corrected chi connectivity index (χ0v) is 13.8. The van der Waals surface area contributed by atoms with Gasteiger partial charge in [0.25, 0.3) is 5.91 Å². The van der Waals surface area contributed by atoms with Gasteiger partial charge in [-0.05, 0) is 32.0 Å². The number of aryl methyl sites for hydroxylation is 2. The van der Waals surface area contributed by atoms with Crippen molar-refractivity contribution in [3.8, 4) is 17.0 Å². The molecule has 0 spiro atoms. The van der Waals surface area contributed by atoms with Crippen molar-refractivity contribution < 1.29 is 9.53 Å². The molecule has 0 fully saturated rings. The van der Waals surface area contributed by atoms with Crippen molar-refractivity contribution >= 4 is 22.4 Å². The Hall–Kier alpha value is -2.67. The van der Waals surface area contributed by atoms with Crippen LogP contribution in [0, 0.1) is 13.8 Å². The number of aromatic nitrogens is 3. The molecule has 0 saturated heterocycles. The number of hydrogen-bond acceptors (Lipinski definition) is 5. The predicted molar refractivity (Wildman–Crippen MR) is 90.1 cm³/mol. The molecule has 0 radical (unpaired) electrons. The van der Waals surface area contributed by atoms with Gasteiger partial charge in [-0.15, -0.1) is 11.3 Å². The summed E-state index contributed by atoms with van der Waals surface area (Å²) in [6, 6.07) is 9.22. The van der Waals surface area contributed by atoms with Gasteiger partial charge in [0.2, 0.25) is 0 Å². The number of thiazole rings is 1. The van der Waals surface area contributed by atoms with E-state index in [2.05, 4.69) is 20.5 Å². The summed E-state index contributed by atoms with van der Waals surface area (Å²) in [5, 5.41) is 10.3. The molecule has 3 aromatic rings. The molecular weight excluding hydrogens is 312 g/mol. The smallest absolute Gasteiger partial charge is 0.275 e. The van der Waals surface area contributed by atoms with Crippen LogP contribution in [-0.4, -0.2) is 28.2 Å². The van der Waals surface area contributed by atoms with Gasteiger partial charge in [-0.2, -0.15) is 5.10 Å². The highest BCUT2D eigenvalue weighted by atomic mass is 32.1. The lowest BCUT2D eigenvalue weighted by atomic mass is 10.1. The molecule has 118 valence electrons. The van der Waals surface area contributed by atoms with Crippen LogP contribution in [0.25, 0.3) is 11.3 Å².